The molecule has 0 aromatic heterocycles. The molecule has 3 N–H and O–H groups in total. The van der Waals surface area contributed by atoms with Gasteiger partial charge in [-0.05, 0) is 65.7 Å². The highest BCUT2D eigenvalue weighted by molar-refractivity contribution is 6.05. The van der Waals surface area contributed by atoms with Crippen molar-refractivity contribution in [2.75, 3.05) is 17.7 Å². The molecule has 6 nitrogen and oxygen atoms in total. The van der Waals surface area contributed by atoms with E-state index in [1.807, 2.05) is 6.07 Å². The van der Waals surface area contributed by atoms with Crippen molar-refractivity contribution in [1.82, 2.24) is 5.32 Å². The first kappa shape index (κ1) is 22.0. The third-order valence-corrected chi connectivity index (χ3v) is 4.47. The Labute approximate surface area is 180 Å². The molecule has 3 aromatic carbocycles. The Morgan fingerprint density at radius 2 is 1.61 bits per heavy atom. The molecule has 0 heterocycles. The van der Waals surface area contributed by atoms with E-state index in [2.05, 4.69) is 16.0 Å². The summed E-state index contributed by atoms with van der Waals surface area (Å²) in [4.78, 5) is 24.3. The van der Waals surface area contributed by atoms with Gasteiger partial charge in [-0.1, -0.05) is 12.1 Å². The summed E-state index contributed by atoms with van der Waals surface area (Å²) in [6.45, 7) is 2.31. The number of halogens is 1. The second-order valence-electron chi connectivity index (χ2n) is 7.02. The molecule has 0 unspecified atom stereocenters. The van der Waals surface area contributed by atoms with Gasteiger partial charge in [0, 0.05) is 37.0 Å². The van der Waals surface area contributed by atoms with E-state index < -0.39 is 0 Å². The van der Waals surface area contributed by atoms with Gasteiger partial charge in [0.15, 0.2) is 0 Å². The minimum Gasteiger partial charge on any atom is -0.497 e. The smallest absolute Gasteiger partial charge is 0.255 e. The van der Waals surface area contributed by atoms with Gasteiger partial charge in [-0.25, -0.2) is 4.39 Å². The number of ether oxygens (including phenoxy) is 1. The number of carbonyl (C=O) groups is 2. The predicted octanol–water partition coefficient (Wildman–Crippen LogP) is 4.33. The van der Waals surface area contributed by atoms with Crippen LogP contribution < -0.4 is 20.7 Å². The van der Waals surface area contributed by atoms with Crippen LogP contribution in [0.4, 0.5) is 15.8 Å². The zero-order chi connectivity index (χ0) is 22.2. The van der Waals surface area contributed by atoms with E-state index in [0.29, 0.717) is 35.8 Å². The fourth-order valence-electron chi connectivity index (χ4n) is 3.08. The van der Waals surface area contributed by atoms with Crippen LogP contribution in [0.2, 0.25) is 0 Å². The summed E-state index contributed by atoms with van der Waals surface area (Å²) < 4.78 is 18.5. The summed E-state index contributed by atoms with van der Waals surface area (Å²) in [5.74, 6) is -0.128. The molecule has 0 fully saturated rings. The number of hydrogen-bond acceptors (Lipinski definition) is 4. The summed E-state index contributed by atoms with van der Waals surface area (Å²) in [5, 5.41) is 8.79. The van der Waals surface area contributed by atoms with Gasteiger partial charge in [0.05, 0.1) is 7.11 Å². The van der Waals surface area contributed by atoms with Crippen LogP contribution in [0.25, 0.3) is 0 Å². The molecule has 0 aliphatic rings. The molecule has 0 spiro atoms. The van der Waals surface area contributed by atoms with Gasteiger partial charge in [-0.15, -0.1) is 0 Å². The number of carbonyl (C=O) groups excluding carboxylic acids is 2. The molecule has 3 rings (SSSR count). The lowest BCUT2D eigenvalue weighted by atomic mass is 10.1. The average Bonchev–Trinajstić information content (AvgIpc) is 2.74. The van der Waals surface area contributed by atoms with Crippen molar-refractivity contribution in [3.8, 4) is 5.75 Å². The van der Waals surface area contributed by atoms with E-state index >= 15 is 0 Å². The van der Waals surface area contributed by atoms with Gasteiger partial charge in [0.1, 0.15) is 11.6 Å². The average molecular weight is 421 g/mol. The lowest BCUT2D eigenvalue weighted by Gasteiger charge is -2.12. The Kier molecular flexibility index (Phi) is 7.35. The summed E-state index contributed by atoms with van der Waals surface area (Å²) in [5.41, 5.74) is 3.18. The molecule has 0 saturated carbocycles. The number of benzene rings is 3. The van der Waals surface area contributed by atoms with Crippen LogP contribution in [0.1, 0.15) is 28.4 Å². The molecule has 0 aliphatic heterocycles. The topological polar surface area (TPSA) is 79.5 Å². The highest BCUT2D eigenvalue weighted by atomic mass is 19.1. The van der Waals surface area contributed by atoms with Crippen LogP contribution in [-0.2, 0) is 17.9 Å². The lowest BCUT2D eigenvalue weighted by molar-refractivity contribution is -0.114. The summed E-state index contributed by atoms with van der Waals surface area (Å²) in [7, 11) is 1.57. The van der Waals surface area contributed by atoms with Gasteiger partial charge in [-0.3, -0.25) is 9.59 Å². The highest BCUT2D eigenvalue weighted by Crippen LogP contribution is 2.19. The zero-order valence-electron chi connectivity index (χ0n) is 17.4. The number of anilines is 2. The Morgan fingerprint density at radius 1 is 0.871 bits per heavy atom. The number of amides is 2. The van der Waals surface area contributed by atoms with Crippen molar-refractivity contribution in [1.29, 1.82) is 0 Å². The monoisotopic (exact) mass is 421 g/mol. The van der Waals surface area contributed by atoms with E-state index in [1.165, 1.54) is 19.1 Å². The number of rotatable bonds is 8. The fraction of sp³-hybridized carbons (Fsp3) is 0.167. The van der Waals surface area contributed by atoms with Crippen LogP contribution >= 0.6 is 0 Å². The SMILES string of the molecule is COc1ccc(NC(=O)c2cc(CNCc3cccc(F)c3)cc(NC(C)=O)c2)cc1. The van der Waals surface area contributed by atoms with Crippen molar-refractivity contribution in [2.45, 2.75) is 20.0 Å². The Hall–Kier alpha value is -3.71. The molecule has 0 atom stereocenters. The Morgan fingerprint density at radius 3 is 2.29 bits per heavy atom. The first-order valence-corrected chi connectivity index (χ1v) is 9.75. The second-order valence-corrected chi connectivity index (χ2v) is 7.02. The van der Waals surface area contributed by atoms with Crippen LogP contribution in [0.3, 0.4) is 0 Å². The van der Waals surface area contributed by atoms with Gasteiger partial charge in [-0.2, -0.15) is 0 Å². The molecule has 0 bridgehead atoms. The summed E-state index contributed by atoms with van der Waals surface area (Å²) in [6.07, 6.45) is 0. The van der Waals surface area contributed by atoms with Gasteiger partial charge < -0.3 is 20.7 Å². The van der Waals surface area contributed by atoms with Crippen LogP contribution in [-0.4, -0.2) is 18.9 Å². The molecule has 0 radical (unpaired) electrons. The third kappa shape index (κ3) is 6.65. The Balaban J connectivity index is 1.73. The van der Waals surface area contributed by atoms with Crippen LogP contribution in [0.5, 0.6) is 5.75 Å². The fourth-order valence-corrected chi connectivity index (χ4v) is 3.08. The molecule has 160 valence electrons. The first-order chi connectivity index (χ1) is 14.9. The van der Waals surface area contributed by atoms with E-state index in [-0.39, 0.29) is 17.6 Å². The maximum atomic E-state index is 13.3. The molecule has 2 amide bonds. The molecular weight excluding hydrogens is 397 g/mol. The van der Waals surface area contributed by atoms with Gasteiger partial charge >= 0.3 is 0 Å². The normalized spacial score (nSPS) is 10.4. The number of hydrogen-bond donors (Lipinski definition) is 3. The van der Waals surface area contributed by atoms with Crippen molar-refractivity contribution >= 4 is 23.2 Å². The van der Waals surface area contributed by atoms with E-state index in [1.54, 1.807) is 55.6 Å². The molecule has 3 aromatic rings. The second kappa shape index (κ2) is 10.4. The van der Waals surface area contributed by atoms with Crippen molar-refractivity contribution < 1.29 is 18.7 Å². The van der Waals surface area contributed by atoms with E-state index in [0.717, 1.165) is 11.1 Å². The van der Waals surface area contributed by atoms with Gasteiger partial charge in [0.2, 0.25) is 5.91 Å². The van der Waals surface area contributed by atoms with Gasteiger partial charge in [0.25, 0.3) is 5.91 Å². The zero-order valence-corrected chi connectivity index (χ0v) is 17.4. The third-order valence-electron chi connectivity index (χ3n) is 4.47. The van der Waals surface area contributed by atoms with E-state index in [9.17, 15) is 14.0 Å². The molecule has 7 heteroatoms. The largest absolute Gasteiger partial charge is 0.497 e. The summed E-state index contributed by atoms with van der Waals surface area (Å²) in [6, 6.07) is 18.5. The maximum Gasteiger partial charge on any atom is 0.255 e. The summed E-state index contributed by atoms with van der Waals surface area (Å²) >= 11 is 0. The van der Waals surface area contributed by atoms with E-state index in [4.69, 9.17) is 4.74 Å². The molecule has 31 heavy (non-hydrogen) atoms. The van der Waals surface area contributed by atoms with Crippen molar-refractivity contribution in [2.24, 2.45) is 0 Å². The van der Waals surface area contributed by atoms with Crippen LogP contribution in [0.15, 0.2) is 66.7 Å². The minimum atomic E-state index is -0.302. The maximum absolute atomic E-state index is 13.3. The van der Waals surface area contributed by atoms with Crippen LogP contribution in [0, 0.1) is 5.82 Å². The molecular formula is C24H24FN3O3. The standard InChI is InChI=1S/C24H24FN3O3/c1-16(29)27-22-12-18(15-26-14-17-4-3-5-20(25)11-17)10-19(13-22)24(30)28-21-6-8-23(31-2)9-7-21/h3-13,26H,14-15H2,1-2H3,(H,27,29)(H,28,30). The lowest BCUT2D eigenvalue weighted by Crippen LogP contribution is -2.16. The molecule has 0 saturated heterocycles. The quantitative estimate of drug-likeness (QED) is 0.506. The Bertz CT molecular complexity index is 1070. The molecule has 0 aliphatic carbocycles. The first-order valence-electron chi connectivity index (χ1n) is 9.75. The highest BCUT2D eigenvalue weighted by Gasteiger charge is 2.11. The number of methoxy groups -OCH3 is 1. The minimum absolute atomic E-state index is 0.230. The predicted molar refractivity (Wildman–Crippen MR) is 119 cm³/mol. The van der Waals surface area contributed by atoms with Crippen molar-refractivity contribution in [3.63, 3.8) is 0 Å². The van der Waals surface area contributed by atoms with Crippen molar-refractivity contribution in [3.05, 3.63) is 89.2 Å². The number of nitrogens with one attached hydrogen (secondary N) is 3.